The van der Waals surface area contributed by atoms with E-state index in [4.69, 9.17) is 14.2 Å². The summed E-state index contributed by atoms with van der Waals surface area (Å²) in [4.78, 5) is 28.9. The van der Waals surface area contributed by atoms with Crippen LogP contribution in [0.1, 0.15) is 30.3 Å². The van der Waals surface area contributed by atoms with Gasteiger partial charge in [0.15, 0.2) is 17.6 Å². The Morgan fingerprint density at radius 3 is 2.61 bits per heavy atom. The molecule has 1 heterocycles. The number of benzene rings is 2. The molecular weight excluding hydrogens is 416 g/mol. The number of esters is 1. The fourth-order valence-corrected chi connectivity index (χ4v) is 4.05. The smallest absolute Gasteiger partial charge is 0.306 e. The van der Waals surface area contributed by atoms with E-state index in [0.29, 0.717) is 30.9 Å². The number of nitrogens with zero attached hydrogens (tertiary/aromatic N) is 1. The van der Waals surface area contributed by atoms with E-state index in [9.17, 15) is 9.59 Å². The highest BCUT2D eigenvalue weighted by Gasteiger charge is 2.18. The van der Waals surface area contributed by atoms with Crippen molar-refractivity contribution in [3.05, 3.63) is 53.0 Å². The number of hydrogen-bond acceptors (Lipinski definition) is 7. The summed E-state index contributed by atoms with van der Waals surface area (Å²) in [6.45, 7) is 1.86. The third-order valence-corrected chi connectivity index (χ3v) is 5.80. The number of ether oxygens (including phenoxy) is 3. The lowest BCUT2D eigenvalue weighted by molar-refractivity contribution is -0.154. The molecule has 0 aliphatic rings. The Bertz CT molecular complexity index is 1020. The number of rotatable bonds is 10. The second-order valence-corrected chi connectivity index (χ2v) is 8.08. The van der Waals surface area contributed by atoms with Crippen LogP contribution >= 0.6 is 11.3 Å². The maximum absolute atomic E-state index is 12.3. The Morgan fingerprint density at radius 1 is 1.10 bits per heavy atom. The lowest BCUT2D eigenvalue weighted by Gasteiger charge is -2.14. The minimum absolute atomic E-state index is 0.239. The van der Waals surface area contributed by atoms with Crippen LogP contribution in [0.5, 0.6) is 11.5 Å². The van der Waals surface area contributed by atoms with Gasteiger partial charge in [-0.05, 0) is 49.6 Å². The maximum Gasteiger partial charge on any atom is 0.306 e. The number of aryl methyl sites for hydroxylation is 1. The largest absolute Gasteiger partial charge is 0.493 e. The molecule has 1 atom stereocenters. The molecule has 0 bridgehead atoms. The van der Waals surface area contributed by atoms with Gasteiger partial charge >= 0.3 is 5.97 Å². The normalized spacial score (nSPS) is 11.7. The first-order valence-electron chi connectivity index (χ1n) is 10.0. The van der Waals surface area contributed by atoms with Gasteiger partial charge in [0.2, 0.25) is 0 Å². The third kappa shape index (κ3) is 6.18. The molecule has 0 saturated carbocycles. The van der Waals surface area contributed by atoms with E-state index in [1.807, 2.05) is 30.3 Å². The van der Waals surface area contributed by atoms with Crippen molar-refractivity contribution < 1.29 is 23.8 Å². The minimum Gasteiger partial charge on any atom is -0.493 e. The van der Waals surface area contributed by atoms with Crippen molar-refractivity contribution in [2.75, 3.05) is 14.2 Å². The highest BCUT2D eigenvalue weighted by atomic mass is 32.1. The summed E-state index contributed by atoms with van der Waals surface area (Å²) in [6, 6.07) is 13.4. The maximum atomic E-state index is 12.3. The van der Waals surface area contributed by atoms with E-state index < -0.39 is 12.1 Å². The topological polar surface area (TPSA) is 86.8 Å². The van der Waals surface area contributed by atoms with Gasteiger partial charge < -0.3 is 19.5 Å². The van der Waals surface area contributed by atoms with Crippen LogP contribution in [-0.4, -0.2) is 37.2 Å². The van der Waals surface area contributed by atoms with Gasteiger partial charge in [0, 0.05) is 13.0 Å². The Kier molecular flexibility index (Phi) is 7.83. The first kappa shape index (κ1) is 22.6. The zero-order valence-electron chi connectivity index (χ0n) is 17.8. The molecule has 3 aromatic rings. The molecule has 1 aromatic heterocycles. The molecule has 31 heavy (non-hydrogen) atoms. The summed E-state index contributed by atoms with van der Waals surface area (Å²) in [5.74, 6) is 0.455. The number of carbonyl (C=O) groups is 2. The zero-order chi connectivity index (χ0) is 22.2. The Morgan fingerprint density at radius 2 is 1.87 bits per heavy atom. The third-order valence-electron chi connectivity index (χ3n) is 4.70. The second kappa shape index (κ2) is 10.8. The summed E-state index contributed by atoms with van der Waals surface area (Å²) < 4.78 is 16.9. The minimum atomic E-state index is -0.866. The molecule has 8 heteroatoms. The summed E-state index contributed by atoms with van der Waals surface area (Å²) in [5.41, 5.74) is 1.82. The molecule has 1 amide bonds. The van der Waals surface area contributed by atoms with Crippen LogP contribution in [0.15, 0.2) is 42.5 Å². The van der Waals surface area contributed by atoms with Crippen LogP contribution in [0.3, 0.4) is 0 Å². The summed E-state index contributed by atoms with van der Waals surface area (Å²) in [6.07, 6.45) is 0.700. The molecule has 0 radical (unpaired) electrons. The predicted octanol–water partition coefficient (Wildman–Crippen LogP) is 3.88. The van der Waals surface area contributed by atoms with Gasteiger partial charge in [0.05, 0.1) is 29.4 Å². The highest BCUT2D eigenvalue weighted by Crippen LogP contribution is 2.27. The van der Waals surface area contributed by atoms with Crippen molar-refractivity contribution in [3.8, 4) is 11.5 Å². The number of hydrogen-bond donors (Lipinski definition) is 1. The van der Waals surface area contributed by atoms with E-state index in [-0.39, 0.29) is 12.3 Å². The molecule has 1 N–H and O–H groups in total. The molecule has 0 saturated heterocycles. The average molecular weight is 443 g/mol. The van der Waals surface area contributed by atoms with Gasteiger partial charge in [-0.25, -0.2) is 4.98 Å². The number of nitrogens with one attached hydrogen (secondary N) is 1. The summed E-state index contributed by atoms with van der Waals surface area (Å²) in [7, 11) is 3.12. The Hall–Kier alpha value is -3.13. The number of thiazole rings is 1. The Labute approximate surface area is 185 Å². The van der Waals surface area contributed by atoms with Crippen molar-refractivity contribution in [3.63, 3.8) is 0 Å². The first-order chi connectivity index (χ1) is 15.0. The SMILES string of the molecule is COc1ccc(CNC(=O)C(C)OC(=O)CCCc2nc3ccccc3s2)cc1OC. The average Bonchev–Trinajstić information content (AvgIpc) is 3.19. The summed E-state index contributed by atoms with van der Waals surface area (Å²) >= 11 is 1.63. The molecule has 0 aliphatic heterocycles. The van der Waals surface area contributed by atoms with Crippen LogP contribution in [-0.2, 0) is 27.3 Å². The van der Waals surface area contributed by atoms with Gasteiger partial charge in [-0.2, -0.15) is 0 Å². The molecule has 2 aromatic carbocycles. The van der Waals surface area contributed by atoms with Crippen molar-refractivity contribution in [1.82, 2.24) is 10.3 Å². The monoisotopic (exact) mass is 442 g/mol. The van der Waals surface area contributed by atoms with Crippen LogP contribution in [0, 0.1) is 0 Å². The standard InChI is InChI=1S/C23H26N2O5S/c1-15(23(27)24-14-16-11-12-18(28-2)19(13-16)29-3)30-22(26)10-6-9-21-25-17-7-4-5-8-20(17)31-21/h4-5,7-8,11-13,15H,6,9-10,14H2,1-3H3,(H,24,27). The number of carbonyl (C=O) groups excluding carboxylic acids is 2. The van der Waals surface area contributed by atoms with Crippen molar-refractivity contribution in [1.29, 1.82) is 0 Å². The van der Waals surface area contributed by atoms with E-state index >= 15 is 0 Å². The highest BCUT2D eigenvalue weighted by molar-refractivity contribution is 7.18. The zero-order valence-corrected chi connectivity index (χ0v) is 18.7. The van der Waals surface area contributed by atoms with Crippen LogP contribution < -0.4 is 14.8 Å². The molecule has 1 unspecified atom stereocenters. The predicted molar refractivity (Wildman–Crippen MR) is 120 cm³/mol. The van der Waals surface area contributed by atoms with Gasteiger partial charge in [-0.1, -0.05) is 18.2 Å². The van der Waals surface area contributed by atoms with Crippen LogP contribution in [0.4, 0.5) is 0 Å². The van der Waals surface area contributed by atoms with Gasteiger partial charge in [0.1, 0.15) is 0 Å². The van der Waals surface area contributed by atoms with Gasteiger partial charge in [-0.15, -0.1) is 11.3 Å². The molecule has 7 nitrogen and oxygen atoms in total. The molecule has 0 fully saturated rings. The molecule has 0 aliphatic carbocycles. The van der Waals surface area contributed by atoms with Crippen LogP contribution in [0.25, 0.3) is 10.2 Å². The number of methoxy groups -OCH3 is 2. The van der Waals surface area contributed by atoms with Crippen LogP contribution in [0.2, 0.25) is 0 Å². The molecule has 3 rings (SSSR count). The van der Waals surface area contributed by atoms with E-state index in [0.717, 1.165) is 20.8 Å². The quantitative estimate of drug-likeness (QED) is 0.480. The fourth-order valence-electron chi connectivity index (χ4n) is 3.04. The number of amides is 1. The molecular formula is C23H26N2O5S. The molecule has 0 spiro atoms. The lowest BCUT2D eigenvalue weighted by Crippen LogP contribution is -2.35. The first-order valence-corrected chi connectivity index (χ1v) is 10.8. The number of para-hydroxylation sites is 1. The number of fused-ring (bicyclic) bond motifs is 1. The van der Waals surface area contributed by atoms with E-state index in [1.165, 1.54) is 0 Å². The van der Waals surface area contributed by atoms with Gasteiger partial charge in [-0.3, -0.25) is 9.59 Å². The van der Waals surface area contributed by atoms with Gasteiger partial charge in [0.25, 0.3) is 5.91 Å². The summed E-state index contributed by atoms with van der Waals surface area (Å²) in [5, 5.41) is 3.76. The lowest BCUT2D eigenvalue weighted by atomic mass is 10.2. The van der Waals surface area contributed by atoms with Crippen molar-refractivity contribution in [2.45, 2.75) is 38.8 Å². The second-order valence-electron chi connectivity index (χ2n) is 6.97. The van der Waals surface area contributed by atoms with E-state index in [2.05, 4.69) is 10.3 Å². The fraction of sp³-hybridized carbons (Fsp3) is 0.348. The van der Waals surface area contributed by atoms with E-state index in [1.54, 1.807) is 44.6 Å². The Balaban J connectivity index is 1.41. The molecule has 164 valence electrons. The number of aromatic nitrogens is 1. The van der Waals surface area contributed by atoms with Crippen molar-refractivity contribution in [2.24, 2.45) is 0 Å². The van der Waals surface area contributed by atoms with Crippen molar-refractivity contribution >= 4 is 33.4 Å².